The van der Waals surface area contributed by atoms with Gasteiger partial charge in [0.2, 0.25) is 0 Å². The predicted octanol–water partition coefficient (Wildman–Crippen LogP) is 1.45. The number of ether oxygens (including phenoxy) is 1. The van der Waals surface area contributed by atoms with Gasteiger partial charge in [-0.2, -0.15) is 5.48 Å². The van der Waals surface area contributed by atoms with Gasteiger partial charge in [-0.15, -0.1) is 0 Å². The molecule has 1 aromatic rings. The molecule has 70 valence electrons. The van der Waals surface area contributed by atoms with Crippen molar-refractivity contribution in [2.75, 3.05) is 13.7 Å². The van der Waals surface area contributed by atoms with Gasteiger partial charge in [0, 0.05) is 0 Å². The highest BCUT2D eigenvalue weighted by Crippen LogP contribution is 2.28. The van der Waals surface area contributed by atoms with E-state index in [1.807, 2.05) is 18.2 Å². The highest BCUT2D eigenvalue weighted by molar-refractivity contribution is 5.33. The summed E-state index contributed by atoms with van der Waals surface area (Å²) < 4.78 is 5.15. The van der Waals surface area contributed by atoms with Crippen molar-refractivity contribution in [3.05, 3.63) is 29.8 Å². The maximum atomic E-state index is 5.15. The van der Waals surface area contributed by atoms with Crippen molar-refractivity contribution >= 4 is 0 Å². The van der Waals surface area contributed by atoms with Crippen LogP contribution in [0.5, 0.6) is 5.75 Å². The average Bonchev–Trinajstić information content (AvgIpc) is 2.14. The van der Waals surface area contributed by atoms with Crippen molar-refractivity contribution in [2.24, 2.45) is 0 Å². The van der Waals surface area contributed by atoms with Crippen molar-refractivity contribution in [3.8, 4) is 5.75 Å². The summed E-state index contributed by atoms with van der Waals surface area (Å²) in [5.74, 6) is 0.882. The van der Waals surface area contributed by atoms with Crippen LogP contribution in [0.1, 0.15) is 12.5 Å². The number of rotatable bonds is 2. The van der Waals surface area contributed by atoms with Gasteiger partial charge < -0.3 is 4.74 Å². The van der Waals surface area contributed by atoms with E-state index in [2.05, 4.69) is 18.5 Å². The van der Waals surface area contributed by atoms with Crippen LogP contribution in [0.4, 0.5) is 0 Å². The minimum atomic E-state index is -0.0471. The highest BCUT2D eigenvalue weighted by atomic mass is 16.7. The molecule has 0 aromatic heterocycles. The molecule has 1 heterocycles. The van der Waals surface area contributed by atoms with E-state index < -0.39 is 0 Å². The van der Waals surface area contributed by atoms with Crippen LogP contribution >= 0.6 is 0 Å². The van der Waals surface area contributed by atoms with Crippen LogP contribution in [0, 0.1) is 0 Å². The zero-order chi connectivity index (χ0) is 9.31. The molecule has 1 aliphatic rings. The third-order valence-corrected chi connectivity index (χ3v) is 2.37. The summed E-state index contributed by atoms with van der Waals surface area (Å²) in [5, 5.41) is 0. The second-order valence-corrected chi connectivity index (χ2v) is 3.45. The lowest BCUT2D eigenvalue weighted by molar-refractivity contribution is -0.155. The molecule has 0 saturated carbocycles. The van der Waals surface area contributed by atoms with Crippen molar-refractivity contribution in [1.29, 1.82) is 0 Å². The Labute approximate surface area is 77.6 Å². The molecular weight excluding hydrogens is 166 g/mol. The zero-order valence-corrected chi connectivity index (χ0v) is 7.83. The normalized spacial score (nSPS) is 26.6. The SMILES string of the molecule is COc1cccc(C2(C)CON2)c1. The summed E-state index contributed by atoms with van der Waals surface area (Å²) in [6.07, 6.45) is 0. The number of nitrogens with one attached hydrogen (secondary N) is 1. The van der Waals surface area contributed by atoms with Gasteiger partial charge in [0.1, 0.15) is 5.75 Å². The lowest BCUT2D eigenvalue weighted by Gasteiger charge is -2.39. The largest absolute Gasteiger partial charge is 0.497 e. The molecular formula is C10H13NO2. The molecule has 3 nitrogen and oxygen atoms in total. The Morgan fingerprint density at radius 1 is 1.54 bits per heavy atom. The topological polar surface area (TPSA) is 30.5 Å². The molecule has 1 unspecified atom stereocenters. The Kier molecular flexibility index (Phi) is 1.98. The highest BCUT2D eigenvalue weighted by Gasteiger charge is 2.35. The molecule has 0 amide bonds. The fourth-order valence-corrected chi connectivity index (χ4v) is 1.40. The first-order valence-electron chi connectivity index (χ1n) is 4.28. The summed E-state index contributed by atoms with van der Waals surface area (Å²) >= 11 is 0. The molecule has 0 radical (unpaired) electrons. The molecule has 1 N–H and O–H groups in total. The molecule has 1 atom stereocenters. The molecule has 3 heteroatoms. The van der Waals surface area contributed by atoms with Crippen LogP contribution in [0.3, 0.4) is 0 Å². The van der Waals surface area contributed by atoms with Crippen molar-refractivity contribution < 1.29 is 9.57 Å². The zero-order valence-electron chi connectivity index (χ0n) is 7.83. The summed E-state index contributed by atoms with van der Waals surface area (Å²) in [6.45, 7) is 2.81. The van der Waals surface area contributed by atoms with E-state index in [0.29, 0.717) is 6.61 Å². The number of benzene rings is 1. The van der Waals surface area contributed by atoms with Crippen LogP contribution in [0.15, 0.2) is 24.3 Å². The van der Waals surface area contributed by atoms with Crippen molar-refractivity contribution in [3.63, 3.8) is 0 Å². The molecule has 0 spiro atoms. The number of methoxy groups -OCH3 is 1. The number of hydrogen-bond acceptors (Lipinski definition) is 3. The van der Waals surface area contributed by atoms with Crippen LogP contribution in [0.25, 0.3) is 0 Å². The quantitative estimate of drug-likeness (QED) is 0.745. The van der Waals surface area contributed by atoms with Crippen LogP contribution in [0.2, 0.25) is 0 Å². The molecule has 1 saturated heterocycles. The summed E-state index contributed by atoms with van der Waals surface area (Å²) in [4.78, 5) is 4.97. The second-order valence-electron chi connectivity index (χ2n) is 3.45. The van der Waals surface area contributed by atoms with Gasteiger partial charge in [0.15, 0.2) is 0 Å². The fourth-order valence-electron chi connectivity index (χ4n) is 1.40. The Morgan fingerprint density at radius 2 is 2.31 bits per heavy atom. The Bertz CT molecular complexity index is 308. The van der Waals surface area contributed by atoms with Crippen LogP contribution in [-0.4, -0.2) is 13.7 Å². The van der Waals surface area contributed by atoms with Gasteiger partial charge in [-0.3, -0.25) is 4.84 Å². The second kappa shape index (κ2) is 3.01. The van der Waals surface area contributed by atoms with E-state index in [-0.39, 0.29) is 5.54 Å². The first kappa shape index (κ1) is 8.53. The minimum absolute atomic E-state index is 0.0471. The summed E-state index contributed by atoms with van der Waals surface area (Å²) in [7, 11) is 1.67. The molecule has 0 bridgehead atoms. The maximum absolute atomic E-state index is 5.15. The van der Waals surface area contributed by atoms with Gasteiger partial charge >= 0.3 is 0 Å². The maximum Gasteiger partial charge on any atom is 0.119 e. The minimum Gasteiger partial charge on any atom is -0.497 e. The molecule has 2 rings (SSSR count). The molecule has 1 fully saturated rings. The Hall–Kier alpha value is -1.06. The van der Waals surface area contributed by atoms with E-state index in [1.165, 1.54) is 5.56 Å². The Balaban J connectivity index is 2.29. The third-order valence-electron chi connectivity index (χ3n) is 2.37. The van der Waals surface area contributed by atoms with E-state index in [0.717, 1.165) is 5.75 Å². The van der Waals surface area contributed by atoms with Gasteiger partial charge in [-0.1, -0.05) is 12.1 Å². The van der Waals surface area contributed by atoms with E-state index in [4.69, 9.17) is 9.57 Å². The van der Waals surface area contributed by atoms with Crippen LogP contribution < -0.4 is 10.2 Å². The van der Waals surface area contributed by atoms with Gasteiger partial charge in [-0.25, -0.2) is 0 Å². The molecule has 1 aliphatic heterocycles. The lowest BCUT2D eigenvalue weighted by atomic mass is 9.92. The van der Waals surface area contributed by atoms with Gasteiger partial charge in [0.25, 0.3) is 0 Å². The lowest BCUT2D eigenvalue weighted by Crippen LogP contribution is -2.54. The van der Waals surface area contributed by atoms with E-state index in [1.54, 1.807) is 7.11 Å². The number of hydrogen-bond donors (Lipinski definition) is 1. The molecule has 13 heavy (non-hydrogen) atoms. The first-order chi connectivity index (χ1) is 6.24. The molecule has 1 aromatic carbocycles. The van der Waals surface area contributed by atoms with Gasteiger partial charge in [0.05, 0.1) is 19.3 Å². The Morgan fingerprint density at radius 3 is 2.85 bits per heavy atom. The standard InChI is InChI=1S/C10H13NO2/c1-10(7-13-11-10)8-4-3-5-9(6-8)12-2/h3-6,11H,7H2,1-2H3. The average molecular weight is 179 g/mol. The third kappa shape index (κ3) is 1.41. The first-order valence-corrected chi connectivity index (χ1v) is 4.28. The summed E-state index contributed by atoms with van der Waals surface area (Å²) in [5.41, 5.74) is 4.08. The smallest absolute Gasteiger partial charge is 0.119 e. The van der Waals surface area contributed by atoms with Crippen LogP contribution in [-0.2, 0) is 10.4 Å². The van der Waals surface area contributed by atoms with E-state index >= 15 is 0 Å². The van der Waals surface area contributed by atoms with Crippen molar-refractivity contribution in [2.45, 2.75) is 12.5 Å². The fraction of sp³-hybridized carbons (Fsp3) is 0.400. The number of hydroxylamine groups is 1. The van der Waals surface area contributed by atoms with Crippen molar-refractivity contribution in [1.82, 2.24) is 5.48 Å². The molecule has 0 aliphatic carbocycles. The summed E-state index contributed by atoms with van der Waals surface area (Å²) in [6, 6.07) is 8.01. The predicted molar refractivity (Wildman–Crippen MR) is 49.4 cm³/mol. The monoisotopic (exact) mass is 179 g/mol. The van der Waals surface area contributed by atoms with Gasteiger partial charge in [-0.05, 0) is 24.6 Å². The van der Waals surface area contributed by atoms with E-state index in [9.17, 15) is 0 Å².